The van der Waals surface area contributed by atoms with Crippen molar-refractivity contribution in [2.45, 2.75) is 45.8 Å². The summed E-state index contributed by atoms with van der Waals surface area (Å²) in [5, 5.41) is 8.80. The highest BCUT2D eigenvalue weighted by molar-refractivity contribution is 6.52. The van der Waals surface area contributed by atoms with Crippen molar-refractivity contribution in [3.63, 3.8) is 0 Å². The van der Waals surface area contributed by atoms with Gasteiger partial charge in [-0.15, -0.1) is 0 Å². The summed E-state index contributed by atoms with van der Waals surface area (Å²) < 4.78 is 11.8. The Bertz CT molecular complexity index is 572. The smallest absolute Gasteiger partial charge is 0.400 e. The van der Waals surface area contributed by atoms with E-state index in [0.717, 1.165) is 11.1 Å². The molecule has 0 radical (unpaired) electrons. The molecule has 2 heterocycles. The Morgan fingerprint density at radius 2 is 1.85 bits per heavy atom. The highest BCUT2D eigenvalue weighted by Gasteiger charge is 2.49. The van der Waals surface area contributed by atoms with Crippen molar-refractivity contribution >= 4 is 13.2 Å². The van der Waals surface area contributed by atoms with Crippen LogP contribution in [-0.4, -0.2) is 23.3 Å². The molecule has 4 nitrogen and oxygen atoms in total. The van der Waals surface area contributed by atoms with Gasteiger partial charge in [-0.25, -0.2) is 4.98 Å². The topological polar surface area (TPSA) is 55.1 Å². The fraction of sp³-hybridized carbons (Fsp3) is 0.467. The van der Waals surface area contributed by atoms with Crippen LogP contribution < -0.4 is 0 Å². The van der Waals surface area contributed by atoms with Crippen LogP contribution in [0.5, 0.6) is 0 Å². The summed E-state index contributed by atoms with van der Waals surface area (Å²) in [6.45, 7) is 10.0. The Morgan fingerprint density at radius 3 is 2.35 bits per heavy atom. The zero-order chi connectivity index (χ0) is 15.0. The predicted octanol–water partition coefficient (Wildman–Crippen LogP) is 2.91. The molecule has 1 aromatic heterocycles. The molecule has 0 spiro atoms. The molecule has 1 aromatic rings. The van der Waals surface area contributed by atoms with Gasteiger partial charge in [0, 0.05) is 6.20 Å². The third-order valence-corrected chi connectivity index (χ3v) is 3.97. The van der Waals surface area contributed by atoms with E-state index in [1.165, 1.54) is 0 Å². The Balaban J connectivity index is 2.14. The normalized spacial score (nSPS) is 20.3. The zero-order valence-electron chi connectivity index (χ0n) is 12.6. The van der Waals surface area contributed by atoms with E-state index in [0.29, 0.717) is 5.69 Å². The lowest BCUT2D eigenvalue weighted by atomic mass is 9.89. The minimum Gasteiger partial charge on any atom is -0.400 e. The van der Waals surface area contributed by atoms with E-state index < -0.39 is 0 Å². The van der Waals surface area contributed by atoms with Crippen molar-refractivity contribution in [2.24, 2.45) is 0 Å². The SMILES string of the molecule is Cc1cc(C#N)ncc1/C=C/B1OC(C)(C)C(C)(C)O1. The monoisotopic (exact) mass is 270 g/mol. The van der Waals surface area contributed by atoms with Gasteiger partial charge in [0.25, 0.3) is 0 Å². The van der Waals surface area contributed by atoms with Gasteiger partial charge in [-0.2, -0.15) is 5.26 Å². The van der Waals surface area contributed by atoms with Crippen molar-refractivity contribution in [1.29, 1.82) is 5.26 Å². The Hall–Kier alpha value is -1.64. The van der Waals surface area contributed by atoms with Gasteiger partial charge < -0.3 is 9.31 Å². The maximum atomic E-state index is 8.80. The minimum atomic E-state index is -0.366. The van der Waals surface area contributed by atoms with Gasteiger partial charge in [-0.3, -0.25) is 0 Å². The molecule has 0 amide bonds. The molecule has 0 saturated carbocycles. The standard InChI is InChI=1S/C15H19BN2O2/c1-11-8-13(9-17)18-10-12(11)6-7-16-19-14(2,3)15(4,5)20-16/h6-8,10H,1-5H3/b7-6+. The molecule has 0 bridgehead atoms. The first-order valence-electron chi connectivity index (χ1n) is 6.66. The van der Waals surface area contributed by atoms with Crippen LogP contribution in [0.15, 0.2) is 18.2 Å². The van der Waals surface area contributed by atoms with Gasteiger partial charge >= 0.3 is 7.12 Å². The molecular weight excluding hydrogens is 251 g/mol. The second-order valence-electron chi connectivity index (χ2n) is 6.02. The third-order valence-electron chi connectivity index (χ3n) is 3.97. The van der Waals surface area contributed by atoms with Gasteiger partial charge in [0.1, 0.15) is 11.8 Å². The molecule has 0 atom stereocenters. The maximum absolute atomic E-state index is 8.80. The van der Waals surface area contributed by atoms with Crippen LogP contribution in [0.1, 0.15) is 44.5 Å². The van der Waals surface area contributed by atoms with Crippen molar-refractivity contribution in [3.05, 3.63) is 35.1 Å². The van der Waals surface area contributed by atoms with E-state index in [1.807, 2.05) is 52.7 Å². The van der Waals surface area contributed by atoms with E-state index in [-0.39, 0.29) is 18.3 Å². The Kier molecular flexibility index (Phi) is 3.72. The number of nitrogens with zero attached hydrogens (tertiary/aromatic N) is 2. The second-order valence-corrected chi connectivity index (χ2v) is 6.02. The van der Waals surface area contributed by atoms with Crippen LogP contribution in [0.2, 0.25) is 0 Å². The fourth-order valence-corrected chi connectivity index (χ4v) is 1.95. The molecule has 1 fully saturated rings. The van der Waals surface area contributed by atoms with E-state index in [2.05, 4.69) is 4.98 Å². The lowest BCUT2D eigenvalue weighted by Gasteiger charge is -2.32. The highest BCUT2D eigenvalue weighted by Crippen LogP contribution is 2.37. The van der Waals surface area contributed by atoms with Crippen molar-refractivity contribution in [3.8, 4) is 6.07 Å². The summed E-state index contributed by atoms with van der Waals surface area (Å²) >= 11 is 0. The van der Waals surface area contributed by atoms with Crippen molar-refractivity contribution in [2.75, 3.05) is 0 Å². The zero-order valence-corrected chi connectivity index (χ0v) is 12.6. The van der Waals surface area contributed by atoms with Crippen LogP contribution >= 0.6 is 0 Å². The van der Waals surface area contributed by atoms with Crippen LogP contribution in [0.25, 0.3) is 6.08 Å². The molecular formula is C15H19BN2O2. The van der Waals surface area contributed by atoms with Crippen molar-refractivity contribution in [1.82, 2.24) is 4.98 Å². The number of aryl methyl sites for hydroxylation is 1. The van der Waals surface area contributed by atoms with Gasteiger partial charge in [0.05, 0.1) is 11.2 Å². The average molecular weight is 270 g/mol. The average Bonchev–Trinajstić information content (AvgIpc) is 2.56. The summed E-state index contributed by atoms with van der Waals surface area (Å²) in [4.78, 5) is 4.07. The summed E-state index contributed by atoms with van der Waals surface area (Å²) in [5.74, 6) is 1.88. The molecule has 2 rings (SSSR count). The van der Waals surface area contributed by atoms with E-state index in [4.69, 9.17) is 14.6 Å². The van der Waals surface area contributed by atoms with Crippen LogP contribution in [0.3, 0.4) is 0 Å². The number of nitriles is 1. The summed E-state index contributed by atoms with van der Waals surface area (Å²) in [6, 6.07) is 3.80. The molecule has 5 heteroatoms. The highest BCUT2D eigenvalue weighted by atomic mass is 16.7. The number of aromatic nitrogens is 1. The number of hydrogen-bond acceptors (Lipinski definition) is 4. The molecule has 1 saturated heterocycles. The Morgan fingerprint density at radius 1 is 1.25 bits per heavy atom. The Labute approximate surface area is 120 Å². The van der Waals surface area contributed by atoms with E-state index in [1.54, 1.807) is 12.3 Å². The summed E-state index contributed by atoms with van der Waals surface area (Å²) in [7, 11) is -0.366. The molecule has 104 valence electrons. The van der Waals surface area contributed by atoms with Gasteiger partial charge in [-0.1, -0.05) is 12.1 Å². The molecule has 0 aromatic carbocycles. The molecule has 20 heavy (non-hydrogen) atoms. The fourth-order valence-electron chi connectivity index (χ4n) is 1.95. The lowest BCUT2D eigenvalue weighted by molar-refractivity contribution is 0.00578. The van der Waals surface area contributed by atoms with Gasteiger partial charge in [0.2, 0.25) is 0 Å². The largest absolute Gasteiger partial charge is 0.487 e. The third kappa shape index (κ3) is 2.77. The van der Waals surface area contributed by atoms with Crippen LogP contribution in [0, 0.1) is 18.3 Å². The van der Waals surface area contributed by atoms with Crippen LogP contribution in [0.4, 0.5) is 0 Å². The quantitative estimate of drug-likeness (QED) is 0.775. The molecule has 0 unspecified atom stereocenters. The molecule has 1 aliphatic heterocycles. The second kappa shape index (κ2) is 5.04. The van der Waals surface area contributed by atoms with Gasteiger partial charge in [0.15, 0.2) is 0 Å². The number of pyridine rings is 1. The maximum Gasteiger partial charge on any atom is 0.487 e. The molecule has 1 aliphatic rings. The van der Waals surface area contributed by atoms with Gasteiger partial charge in [-0.05, 0) is 51.8 Å². The first kappa shape index (κ1) is 14.8. The first-order chi connectivity index (χ1) is 9.25. The van der Waals surface area contributed by atoms with E-state index in [9.17, 15) is 0 Å². The first-order valence-corrected chi connectivity index (χ1v) is 6.66. The number of rotatable bonds is 2. The molecule has 0 N–H and O–H groups in total. The summed E-state index contributed by atoms with van der Waals surface area (Å²) in [6.07, 6.45) is 3.61. The lowest BCUT2D eigenvalue weighted by Crippen LogP contribution is -2.41. The summed E-state index contributed by atoms with van der Waals surface area (Å²) in [5.41, 5.74) is 1.72. The van der Waals surface area contributed by atoms with Crippen LogP contribution in [-0.2, 0) is 9.31 Å². The number of hydrogen-bond donors (Lipinski definition) is 0. The minimum absolute atomic E-state index is 0.333. The molecule has 0 aliphatic carbocycles. The predicted molar refractivity (Wildman–Crippen MR) is 78.8 cm³/mol. The van der Waals surface area contributed by atoms with Crippen molar-refractivity contribution < 1.29 is 9.31 Å². The van der Waals surface area contributed by atoms with E-state index >= 15 is 0 Å².